The van der Waals surface area contributed by atoms with Gasteiger partial charge in [-0.1, -0.05) is 5.21 Å². The Morgan fingerprint density at radius 2 is 2.33 bits per heavy atom. The lowest BCUT2D eigenvalue weighted by Gasteiger charge is -2.10. The molecule has 112 valence electrons. The summed E-state index contributed by atoms with van der Waals surface area (Å²) in [6.07, 6.45) is 0.961. The maximum atomic E-state index is 11.4. The zero-order valence-corrected chi connectivity index (χ0v) is 12.7. The highest BCUT2D eigenvalue weighted by molar-refractivity contribution is 7.15. The van der Waals surface area contributed by atoms with E-state index in [0.29, 0.717) is 24.8 Å². The zero-order valence-electron chi connectivity index (χ0n) is 11.9. The highest BCUT2D eigenvalue weighted by Crippen LogP contribution is 2.32. The van der Waals surface area contributed by atoms with Gasteiger partial charge in [-0.15, -0.1) is 16.4 Å². The van der Waals surface area contributed by atoms with Crippen molar-refractivity contribution in [1.82, 2.24) is 20.0 Å². The molecule has 2 aromatic heterocycles. The molecular weight excluding hydrogens is 292 g/mol. The van der Waals surface area contributed by atoms with Gasteiger partial charge in [0.2, 0.25) is 0 Å². The number of carbonyl (C=O) groups is 1. The van der Waals surface area contributed by atoms with Crippen LogP contribution in [-0.4, -0.2) is 44.3 Å². The van der Waals surface area contributed by atoms with Crippen molar-refractivity contribution in [2.45, 2.75) is 26.8 Å². The predicted octanol–water partition coefficient (Wildman–Crippen LogP) is 1.75. The summed E-state index contributed by atoms with van der Waals surface area (Å²) in [6.45, 7) is 5.83. The summed E-state index contributed by atoms with van der Waals surface area (Å²) in [7, 11) is 0. The average molecular weight is 308 g/mol. The standard InChI is InChI=1S/C13H16N4O3S/c1-7-12(21-8(2)14-7)11-10(13(18)19)15-16-17(11)5-9-3-4-20-6-9/h9H,3-6H2,1-2H3,(H,18,19). The third-order valence-corrected chi connectivity index (χ3v) is 4.59. The smallest absolute Gasteiger partial charge is 0.358 e. The van der Waals surface area contributed by atoms with Crippen LogP contribution in [0.2, 0.25) is 0 Å². The van der Waals surface area contributed by atoms with Crippen LogP contribution in [0.5, 0.6) is 0 Å². The van der Waals surface area contributed by atoms with Gasteiger partial charge in [0, 0.05) is 19.1 Å². The molecule has 0 bridgehead atoms. The van der Waals surface area contributed by atoms with Crippen molar-refractivity contribution >= 4 is 17.3 Å². The Kier molecular flexibility index (Phi) is 3.73. The van der Waals surface area contributed by atoms with Gasteiger partial charge in [-0.3, -0.25) is 0 Å². The molecule has 0 aliphatic carbocycles. The Balaban J connectivity index is 2.04. The first-order valence-electron chi connectivity index (χ1n) is 6.75. The SMILES string of the molecule is Cc1nc(C)c(-c2c(C(=O)O)nnn2CC2CCOC2)s1. The van der Waals surface area contributed by atoms with Crippen molar-refractivity contribution in [2.24, 2.45) is 5.92 Å². The second-order valence-corrected chi connectivity index (χ2v) is 6.35. The predicted molar refractivity (Wildman–Crippen MR) is 76.5 cm³/mol. The summed E-state index contributed by atoms with van der Waals surface area (Å²) in [4.78, 5) is 16.6. The van der Waals surface area contributed by atoms with E-state index in [1.54, 1.807) is 4.68 Å². The first kappa shape index (κ1) is 14.2. The summed E-state index contributed by atoms with van der Waals surface area (Å²) in [5, 5.41) is 18.1. The van der Waals surface area contributed by atoms with E-state index in [4.69, 9.17) is 4.74 Å². The lowest BCUT2D eigenvalue weighted by Crippen LogP contribution is -2.13. The zero-order chi connectivity index (χ0) is 15.0. The minimum Gasteiger partial charge on any atom is -0.476 e. The molecule has 0 spiro atoms. The number of carboxylic acids is 1. The average Bonchev–Trinajstić information content (AvgIpc) is 3.11. The highest BCUT2D eigenvalue weighted by Gasteiger charge is 2.26. The van der Waals surface area contributed by atoms with Gasteiger partial charge >= 0.3 is 5.97 Å². The Hall–Kier alpha value is -1.80. The van der Waals surface area contributed by atoms with E-state index in [1.165, 1.54) is 11.3 Å². The van der Waals surface area contributed by atoms with Crippen LogP contribution in [0.4, 0.5) is 0 Å². The van der Waals surface area contributed by atoms with E-state index in [1.807, 2.05) is 13.8 Å². The van der Waals surface area contributed by atoms with Crippen LogP contribution in [0.3, 0.4) is 0 Å². The first-order valence-corrected chi connectivity index (χ1v) is 7.57. The van der Waals surface area contributed by atoms with Crippen LogP contribution >= 0.6 is 11.3 Å². The van der Waals surface area contributed by atoms with E-state index in [9.17, 15) is 9.90 Å². The number of aromatic carboxylic acids is 1. The second kappa shape index (κ2) is 5.53. The largest absolute Gasteiger partial charge is 0.476 e. The van der Waals surface area contributed by atoms with E-state index in [2.05, 4.69) is 15.3 Å². The fourth-order valence-corrected chi connectivity index (χ4v) is 3.50. The summed E-state index contributed by atoms with van der Waals surface area (Å²) < 4.78 is 7.05. The molecule has 1 unspecified atom stereocenters. The van der Waals surface area contributed by atoms with Crippen LogP contribution in [0.1, 0.15) is 27.6 Å². The van der Waals surface area contributed by atoms with Crippen molar-refractivity contribution in [3.8, 4) is 10.6 Å². The minimum atomic E-state index is -1.07. The Morgan fingerprint density at radius 3 is 2.90 bits per heavy atom. The van der Waals surface area contributed by atoms with Gasteiger partial charge in [0.25, 0.3) is 0 Å². The Bertz CT molecular complexity index is 673. The van der Waals surface area contributed by atoms with Crippen molar-refractivity contribution in [3.05, 3.63) is 16.4 Å². The molecule has 1 aliphatic heterocycles. The fourth-order valence-electron chi connectivity index (χ4n) is 2.53. The maximum absolute atomic E-state index is 11.4. The van der Waals surface area contributed by atoms with Gasteiger partial charge in [0.15, 0.2) is 5.69 Å². The van der Waals surface area contributed by atoms with Crippen molar-refractivity contribution in [1.29, 1.82) is 0 Å². The number of aryl methyl sites for hydroxylation is 2. The molecular formula is C13H16N4O3S. The van der Waals surface area contributed by atoms with E-state index >= 15 is 0 Å². The molecule has 1 aliphatic rings. The van der Waals surface area contributed by atoms with Crippen LogP contribution in [0.15, 0.2) is 0 Å². The van der Waals surface area contributed by atoms with Crippen molar-refractivity contribution in [2.75, 3.05) is 13.2 Å². The molecule has 0 aromatic carbocycles. The normalized spacial score (nSPS) is 18.3. The molecule has 2 aromatic rings. The molecule has 0 radical (unpaired) electrons. The van der Waals surface area contributed by atoms with Gasteiger partial charge in [0.1, 0.15) is 5.69 Å². The molecule has 8 heteroatoms. The molecule has 1 fully saturated rings. The van der Waals surface area contributed by atoms with Gasteiger partial charge in [0.05, 0.1) is 22.2 Å². The van der Waals surface area contributed by atoms with Crippen LogP contribution in [-0.2, 0) is 11.3 Å². The summed E-state index contributed by atoms with van der Waals surface area (Å²) >= 11 is 1.47. The highest BCUT2D eigenvalue weighted by atomic mass is 32.1. The van der Waals surface area contributed by atoms with Crippen molar-refractivity contribution < 1.29 is 14.6 Å². The maximum Gasteiger partial charge on any atom is 0.358 e. The topological polar surface area (TPSA) is 90.1 Å². The first-order chi connectivity index (χ1) is 10.1. The molecule has 3 heterocycles. The lowest BCUT2D eigenvalue weighted by molar-refractivity contribution is 0.0691. The van der Waals surface area contributed by atoms with E-state index in [-0.39, 0.29) is 5.69 Å². The number of ether oxygens (including phenoxy) is 1. The van der Waals surface area contributed by atoms with E-state index in [0.717, 1.165) is 28.6 Å². The van der Waals surface area contributed by atoms with E-state index < -0.39 is 5.97 Å². The monoisotopic (exact) mass is 308 g/mol. The molecule has 0 saturated carbocycles. The van der Waals surface area contributed by atoms with Gasteiger partial charge in [-0.2, -0.15) is 0 Å². The molecule has 21 heavy (non-hydrogen) atoms. The van der Waals surface area contributed by atoms with Gasteiger partial charge in [-0.05, 0) is 20.3 Å². The quantitative estimate of drug-likeness (QED) is 0.925. The number of thiazole rings is 1. The summed E-state index contributed by atoms with van der Waals surface area (Å²) in [5.74, 6) is -0.717. The number of aromatic nitrogens is 4. The van der Waals surface area contributed by atoms with Crippen LogP contribution in [0, 0.1) is 19.8 Å². The van der Waals surface area contributed by atoms with Crippen molar-refractivity contribution in [3.63, 3.8) is 0 Å². The molecule has 1 N–H and O–H groups in total. The second-order valence-electron chi connectivity index (χ2n) is 5.15. The number of hydrogen-bond donors (Lipinski definition) is 1. The number of hydrogen-bond acceptors (Lipinski definition) is 6. The molecule has 7 nitrogen and oxygen atoms in total. The molecule has 3 rings (SSSR count). The number of carboxylic acid groups (broad SMARTS) is 1. The Morgan fingerprint density at radius 1 is 1.52 bits per heavy atom. The summed E-state index contributed by atoms with van der Waals surface area (Å²) in [6, 6.07) is 0. The minimum absolute atomic E-state index is 0.0133. The number of nitrogens with zero attached hydrogens (tertiary/aromatic N) is 4. The lowest BCUT2D eigenvalue weighted by atomic mass is 10.1. The fraction of sp³-hybridized carbons (Fsp3) is 0.538. The third kappa shape index (κ3) is 2.68. The molecule has 0 amide bonds. The molecule has 1 saturated heterocycles. The Labute approximate surface area is 125 Å². The van der Waals surface area contributed by atoms with Crippen LogP contribution < -0.4 is 0 Å². The third-order valence-electron chi connectivity index (χ3n) is 3.51. The summed E-state index contributed by atoms with van der Waals surface area (Å²) in [5.41, 5.74) is 1.35. The molecule has 1 atom stereocenters. The van der Waals surface area contributed by atoms with Crippen LogP contribution in [0.25, 0.3) is 10.6 Å². The van der Waals surface area contributed by atoms with Gasteiger partial charge < -0.3 is 9.84 Å². The van der Waals surface area contributed by atoms with Gasteiger partial charge in [-0.25, -0.2) is 14.5 Å². The number of rotatable bonds is 4.